The van der Waals surface area contributed by atoms with Crippen molar-refractivity contribution in [3.63, 3.8) is 0 Å². The van der Waals surface area contributed by atoms with Crippen LogP contribution in [-0.2, 0) is 6.42 Å². The van der Waals surface area contributed by atoms with E-state index in [4.69, 9.17) is 4.74 Å². The molecule has 0 radical (unpaired) electrons. The number of nitrogens with zero attached hydrogens (tertiary/aromatic N) is 1. The molecule has 148 valence electrons. The second-order valence-corrected chi connectivity index (χ2v) is 7.65. The van der Waals surface area contributed by atoms with E-state index in [9.17, 15) is 0 Å². The molecule has 0 aliphatic carbocycles. The zero-order valence-electron chi connectivity index (χ0n) is 17.2. The number of fused-ring (bicyclic) bond motifs is 3. The summed E-state index contributed by atoms with van der Waals surface area (Å²) in [6.07, 6.45) is 1.06. The van der Waals surface area contributed by atoms with E-state index in [1.165, 1.54) is 33.3 Å². The van der Waals surface area contributed by atoms with Crippen molar-refractivity contribution in [1.82, 2.24) is 15.2 Å². The summed E-state index contributed by atoms with van der Waals surface area (Å²) in [5, 5.41) is 5.06. The number of hydrogen-bond acceptors (Lipinski definition) is 3. The number of ether oxygens (including phenoxy) is 1. The van der Waals surface area contributed by atoms with E-state index in [0.29, 0.717) is 0 Å². The Kier molecular flexibility index (Phi) is 5.69. The van der Waals surface area contributed by atoms with Crippen LogP contribution in [-0.4, -0.2) is 42.7 Å². The van der Waals surface area contributed by atoms with Crippen LogP contribution in [0.5, 0.6) is 5.75 Å². The third-order valence-corrected chi connectivity index (χ3v) is 5.87. The second kappa shape index (κ2) is 8.38. The van der Waals surface area contributed by atoms with Crippen LogP contribution in [0.3, 0.4) is 0 Å². The molecule has 0 saturated carbocycles. The fourth-order valence-corrected chi connectivity index (χ4v) is 4.24. The van der Waals surface area contributed by atoms with Gasteiger partial charge in [-0.25, -0.2) is 0 Å². The summed E-state index contributed by atoms with van der Waals surface area (Å²) in [6.45, 7) is 11.4. The highest BCUT2D eigenvalue weighted by molar-refractivity contribution is 5.86. The minimum Gasteiger partial charge on any atom is -0.492 e. The van der Waals surface area contributed by atoms with E-state index < -0.39 is 0 Å². The number of likely N-dealkylation sites (N-methyl/N-ethyl adjacent to an activating group) is 1. The number of benzene rings is 2. The van der Waals surface area contributed by atoms with Crippen molar-refractivity contribution >= 4 is 10.9 Å². The van der Waals surface area contributed by atoms with Gasteiger partial charge in [-0.15, -0.1) is 0 Å². The first kappa shape index (κ1) is 19.0. The first-order chi connectivity index (χ1) is 13.7. The maximum atomic E-state index is 6.05. The van der Waals surface area contributed by atoms with Gasteiger partial charge in [0.15, 0.2) is 0 Å². The monoisotopic (exact) mass is 377 g/mol. The third-order valence-electron chi connectivity index (χ3n) is 5.87. The molecule has 3 aromatic rings. The summed E-state index contributed by atoms with van der Waals surface area (Å²) < 4.78 is 6.05. The van der Waals surface area contributed by atoms with Gasteiger partial charge in [0, 0.05) is 29.7 Å². The maximum Gasteiger partial charge on any atom is 0.119 e. The van der Waals surface area contributed by atoms with E-state index in [1.807, 2.05) is 0 Å². The van der Waals surface area contributed by atoms with Crippen LogP contribution in [0.4, 0.5) is 0 Å². The van der Waals surface area contributed by atoms with E-state index in [1.54, 1.807) is 0 Å². The SMILES string of the molecule is CCN(CC)CCOc1cccc(C2NCCc3c2[nH]c2ccc(C)cc32)c1. The molecule has 2 heterocycles. The zero-order valence-corrected chi connectivity index (χ0v) is 17.2. The van der Waals surface area contributed by atoms with Crippen molar-refractivity contribution in [3.05, 3.63) is 64.8 Å². The summed E-state index contributed by atoms with van der Waals surface area (Å²) in [5.74, 6) is 0.950. The van der Waals surface area contributed by atoms with Crippen LogP contribution in [0, 0.1) is 6.92 Å². The topological polar surface area (TPSA) is 40.3 Å². The van der Waals surface area contributed by atoms with Gasteiger partial charge in [-0.2, -0.15) is 0 Å². The normalized spacial score (nSPS) is 16.5. The highest BCUT2D eigenvalue weighted by Crippen LogP contribution is 2.34. The fraction of sp³-hybridized carbons (Fsp3) is 0.417. The van der Waals surface area contributed by atoms with E-state index >= 15 is 0 Å². The zero-order chi connectivity index (χ0) is 19.5. The molecule has 2 aromatic carbocycles. The lowest BCUT2D eigenvalue weighted by Gasteiger charge is -2.25. The number of H-pyrrole nitrogens is 1. The summed E-state index contributed by atoms with van der Waals surface area (Å²) in [6, 6.07) is 15.4. The molecule has 1 atom stereocenters. The van der Waals surface area contributed by atoms with Gasteiger partial charge in [0.25, 0.3) is 0 Å². The van der Waals surface area contributed by atoms with E-state index in [-0.39, 0.29) is 6.04 Å². The molecule has 4 rings (SSSR count). The largest absolute Gasteiger partial charge is 0.492 e. The average molecular weight is 378 g/mol. The molecular formula is C24H31N3O. The Bertz CT molecular complexity index is 942. The van der Waals surface area contributed by atoms with Crippen LogP contribution in [0.15, 0.2) is 42.5 Å². The van der Waals surface area contributed by atoms with Gasteiger partial charge in [0.1, 0.15) is 12.4 Å². The number of aromatic amines is 1. The van der Waals surface area contributed by atoms with E-state index in [0.717, 1.165) is 45.0 Å². The van der Waals surface area contributed by atoms with Crippen molar-refractivity contribution in [2.45, 2.75) is 33.2 Å². The number of hydrogen-bond donors (Lipinski definition) is 2. The molecule has 0 fully saturated rings. The first-order valence-electron chi connectivity index (χ1n) is 10.5. The van der Waals surface area contributed by atoms with Crippen molar-refractivity contribution in [2.24, 2.45) is 0 Å². The molecule has 28 heavy (non-hydrogen) atoms. The number of rotatable bonds is 7. The molecule has 0 amide bonds. The molecule has 1 aromatic heterocycles. The Balaban J connectivity index is 1.56. The number of nitrogens with one attached hydrogen (secondary N) is 2. The highest BCUT2D eigenvalue weighted by Gasteiger charge is 2.25. The van der Waals surface area contributed by atoms with Gasteiger partial charge in [-0.1, -0.05) is 37.6 Å². The van der Waals surface area contributed by atoms with Gasteiger partial charge in [0.2, 0.25) is 0 Å². The molecular weight excluding hydrogens is 346 g/mol. The minimum absolute atomic E-state index is 0.183. The molecule has 0 bridgehead atoms. The smallest absolute Gasteiger partial charge is 0.119 e. The van der Waals surface area contributed by atoms with Gasteiger partial charge >= 0.3 is 0 Å². The second-order valence-electron chi connectivity index (χ2n) is 7.65. The molecule has 1 aliphatic heterocycles. The van der Waals surface area contributed by atoms with E-state index in [2.05, 4.69) is 78.4 Å². The predicted octanol–water partition coefficient (Wildman–Crippen LogP) is 4.43. The quantitative estimate of drug-likeness (QED) is 0.640. The average Bonchev–Trinajstić information content (AvgIpc) is 3.09. The van der Waals surface area contributed by atoms with Crippen molar-refractivity contribution < 1.29 is 4.74 Å². The molecule has 4 nitrogen and oxygen atoms in total. The fourth-order valence-electron chi connectivity index (χ4n) is 4.24. The Morgan fingerprint density at radius 3 is 2.79 bits per heavy atom. The molecule has 1 unspecified atom stereocenters. The number of aryl methyl sites for hydroxylation is 1. The summed E-state index contributed by atoms with van der Waals surface area (Å²) in [4.78, 5) is 6.05. The van der Waals surface area contributed by atoms with Crippen LogP contribution < -0.4 is 10.1 Å². The highest BCUT2D eigenvalue weighted by atomic mass is 16.5. The first-order valence-corrected chi connectivity index (χ1v) is 10.5. The third kappa shape index (κ3) is 3.80. The lowest BCUT2D eigenvalue weighted by molar-refractivity contribution is 0.222. The number of aromatic nitrogens is 1. The Hall–Kier alpha value is -2.30. The van der Waals surface area contributed by atoms with Crippen molar-refractivity contribution in [2.75, 3.05) is 32.8 Å². The van der Waals surface area contributed by atoms with Crippen LogP contribution in [0.1, 0.15) is 42.3 Å². The van der Waals surface area contributed by atoms with Crippen LogP contribution >= 0.6 is 0 Å². The van der Waals surface area contributed by atoms with Crippen molar-refractivity contribution in [1.29, 1.82) is 0 Å². The molecule has 2 N–H and O–H groups in total. The van der Waals surface area contributed by atoms with Gasteiger partial charge in [0.05, 0.1) is 6.04 Å². The van der Waals surface area contributed by atoms with Crippen LogP contribution in [0.2, 0.25) is 0 Å². The summed E-state index contributed by atoms with van der Waals surface area (Å²) in [7, 11) is 0. The molecule has 4 heteroatoms. The lowest BCUT2D eigenvalue weighted by Crippen LogP contribution is -2.30. The predicted molar refractivity (Wildman–Crippen MR) is 116 cm³/mol. The van der Waals surface area contributed by atoms with Gasteiger partial charge < -0.3 is 19.9 Å². The lowest BCUT2D eigenvalue weighted by atomic mass is 9.94. The minimum atomic E-state index is 0.183. The van der Waals surface area contributed by atoms with Gasteiger partial charge in [-0.3, -0.25) is 0 Å². The molecule has 0 spiro atoms. The Labute approximate surface area is 167 Å². The Morgan fingerprint density at radius 1 is 1.11 bits per heavy atom. The standard InChI is InChI=1S/C24H31N3O/c1-4-27(5-2)13-14-28-19-8-6-7-18(16-19)23-24-20(11-12-25-23)21-15-17(3)9-10-22(21)26-24/h6-10,15-16,23,25-26H,4-5,11-14H2,1-3H3. The maximum absolute atomic E-state index is 6.05. The summed E-state index contributed by atoms with van der Waals surface area (Å²) in [5.41, 5.74) is 6.55. The molecule has 1 aliphatic rings. The van der Waals surface area contributed by atoms with Crippen molar-refractivity contribution in [3.8, 4) is 5.75 Å². The van der Waals surface area contributed by atoms with Crippen LogP contribution in [0.25, 0.3) is 10.9 Å². The molecule has 0 saturated heterocycles. The Morgan fingerprint density at radius 2 is 1.96 bits per heavy atom. The van der Waals surface area contributed by atoms with Gasteiger partial charge in [-0.05, 0) is 61.8 Å². The summed E-state index contributed by atoms with van der Waals surface area (Å²) >= 11 is 0.